The van der Waals surface area contributed by atoms with Gasteiger partial charge in [-0.3, -0.25) is 4.79 Å². The molecule has 3 aromatic rings. The number of sulfonamides is 1. The molecule has 0 radical (unpaired) electrons. The van der Waals surface area contributed by atoms with Crippen molar-refractivity contribution in [3.8, 4) is 5.13 Å². The average molecular weight is 358 g/mol. The largest absolute Gasteiger partial charge is 0.268 e. The fourth-order valence-corrected chi connectivity index (χ4v) is 3.54. The van der Waals surface area contributed by atoms with Crippen LogP contribution in [0.5, 0.6) is 0 Å². The molecule has 0 aliphatic rings. The first-order valence-corrected chi connectivity index (χ1v) is 8.57. The van der Waals surface area contributed by atoms with Crippen molar-refractivity contribution < 1.29 is 8.42 Å². The van der Waals surface area contributed by atoms with Gasteiger partial charge in [0.15, 0.2) is 0 Å². The smallest absolute Gasteiger partial charge is 0.267 e. The van der Waals surface area contributed by atoms with E-state index >= 15 is 0 Å². The summed E-state index contributed by atoms with van der Waals surface area (Å²) >= 11 is 6.58. The van der Waals surface area contributed by atoms with E-state index in [1.54, 1.807) is 25.1 Å². The molecule has 0 unspecified atom stereocenters. The van der Waals surface area contributed by atoms with E-state index in [0.29, 0.717) is 33.1 Å². The summed E-state index contributed by atoms with van der Waals surface area (Å²) in [5, 5.41) is 13.1. The molecule has 114 valence electrons. The highest BCUT2D eigenvalue weighted by Crippen LogP contribution is 2.20. The van der Waals surface area contributed by atoms with E-state index in [0.717, 1.165) is 0 Å². The van der Waals surface area contributed by atoms with Crippen molar-refractivity contribution in [3.05, 3.63) is 39.4 Å². The Kier molecular flexibility index (Phi) is 3.48. The van der Waals surface area contributed by atoms with Crippen molar-refractivity contribution in [2.75, 3.05) is 0 Å². The van der Waals surface area contributed by atoms with Crippen LogP contribution >= 0.6 is 22.9 Å². The first-order chi connectivity index (χ1) is 10.3. The molecule has 0 saturated heterocycles. The van der Waals surface area contributed by atoms with Gasteiger partial charge < -0.3 is 0 Å². The predicted octanol–water partition coefficient (Wildman–Crippen LogP) is 0.846. The summed E-state index contributed by atoms with van der Waals surface area (Å²) in [7, 11) is -3.97. The summed E-state index contributed by atoms with van der Waals surface area (Å²) in [5.41, 5.74) is 0.0544. The van der Waals surface area contributed by atoms with Gasteiger partial charge in [0.25, 0.3) is 15.6 Å². The van der Waals surface area contributed by atoms with Crippen LogP contribution < -0.4 is 10.7 Å². The van der Waals surface area contributed by atoms with E-state index in [2.05, 4.69) is 15.2 Å². The van der Waals surface area contributed by atoms with E-state index in [4.69, 9.17) is 16.7 Å². The van der Waals surface area contributed by atoms with Crippen LogP contribution in [0.15, 0.2) is 27.3 Å². The number of nitrogens with zero attached hydrogens (tertiary/aromatic N) is 4. The number of aryl methyl sites for hydroxylation is 1. The van der Waals surface area contributed by atoms with Gasteiger partial charge in [0, 0.05) is 5.02 Å². The topological polar surface area (TPSA) is 121 Å². The lowest BCUT2D eigenvalue weighted by atomic mass is 10.2. The number of hydrogen-bond acceptors (Lipinski definition) is 7. The van der Waals surface area contributed by atoms with Crippen molar-refractivity contribution >= 4 is 43.9 Å². The lowest BCUT2D eigenvalue weighted by Crippen LogP contribution is -2.22. The molecule has 2 aromatic heterocycles. The maximum absolute atomic E-state index is 12.6. The minimum atomic E-state index is -3.97. The van der Waals surface area contributed by atoms with E-state index in [1.807, 2.05) is 0 Å². The van der Waals surface area contributed by atoms with Crippen molar-refractivity contribution in [3.63, 3.8) is 0 Å². The predicted molar refractivity (Wildman–Crippen MR) is 81.9 cm³/mol. The quantitative estimate of drug-likeness (QED) is 0.725. The zero-order valence-electron chi connectivity index (χ0n) is 11.0. The Labute approximate surface area is 133 Å². The molecule has 0 bridgehead atoms. The first-order valence-electron chi connectivity index (χ1n) is 5.83. The SMILES string of the molecule is Cc1nc2cc(Cl)ccc2c(=O)n1-c1nnc(S(N)(=O)=O)s1. The lowest BCUT2D eigenvalue weighted by molar-refractivity contribution is 0.595. The standard InChI is InChI=1S/C11H8ClN5O3S2/c1-5-14-8-4-6(12)2-3-7(8)9(18)17(5)10-15-16-11(21-10)22(13,19)20/h2-4H,1H3,(H2,13,19,20). The van der Waals surface area contributed by atoms with Crippen LogP contribution in [0.3, 0.4) is 0 Å². The summed E-state index contributed by atoms with van der Waals surface area (Å²) in [6.45, 7) is 1.60. The van der Waals surface area contributed by atoms with Crippen LogP contribution in [0, 0.1) is 6.92 Å². The molecule has 22 heavy (non-hydrogen) atoms. The fraction of sp³-hybridized carbons (Fsp3) is 0.0909. The average Bonchev–Trinajstić information content (AvgIpc) is 2.87. The Morgan fingerprint density at radius 1 is 1.32 bits per heavy atom. The number of hydrogen-bond donors (Lipinski definition) is 1. The van der Waals surface area contributed by atoms with E-state index < -0.39 is 15.6 Å². The third-order valence-corrected chi connectivity index (χ3v) is 5.28. The first kappa shape index (κ1) is 15.0. The Hall–Kier alpha value is -1.88. The molecule has 1 aromatic carbocycles. The minimum Gasteiger partial charge on any atom is -0.268 e. The zero-order chi connectivity index (χ0) is 16.1. The molecule has 0 fully saturated rings. The summed E-state index contributed by atoms with van der Waals surface area (Å²) < 4.78 is 23.3. The minimum absolute atomic E-state index is 0.0795. The van der Waals surface area contributed by atoms with Crippen LogP contribution in [0.4, 0.5) is 0 Å². The number of nitrogens with two attached hydrogens (primary N) is 1. The highest BCUT2D eigenvalue weighted by molar-refractivity contribution is 7.91. The fourth-order valence-electron chi connectivity index (χ4n) is 1.90. The molecule has 2 heterocycles. The van der Waals surface area contributed by atoms with Gasteiger partial charge in [0.05, 0.1) is 10.9 Å². The molecule has 0 aliphatic heterocycles. The second-order valence-corrected chi connectivity index (χ2v) is 7.48. The summed E-state index contributed by atoms with van der Waals surface area (Å²) in [6.07, 6.45) is 0. The van der Waals surface area contributed by atoms with Crippen molar-refractivity contribution in [1.82, 2.24) is 19.7 Å². The van der Waals surface area contributed by atoms with Crippen LogP contribution in [0.1, 0.15) is 5.82 Å². The molecule has 3 rings (SSSR count). The van der Waals surface area contributed by atoms with Crippen LogP contribution in [0.2, 0.25) is 5.02 Å². The molecular weight excluding hydrogens is 350 g/mol. The van der Waals surface area contributed by atoms with Crippen molar-refractivity contribution in [1.29, 1.82) is 0 Å². The normalized spacial score (nSPS) is 12.0. The van der Waals surface area contributed by atoms with Gasteiger partial charge in [-0.25, -0.2) is 23.1 Å². The maximum Gasteiger partial charge on any atom is 0.267 e. The monoisotopic (exact) mass is 357 g/mol. The van der Waals surface area contributed by atoms with Gasteiger partial charge in [-0.1, -0.05) is 22.9 Å². The van der Waals surface area contributed by atoms with Crippen LogP contribution in [-0.2, 0) is 10.0 Å². The number of benzene rings is 1. The number of aromatic nitrogens is 4. The van der Waals surface area contributed by atoms with Gasteiger partial charge in [-0.2, -0.15) is 0 Å². The van der Waals surface area contributed by atoms with Gasteiger partial charge in [-0.15, -0.1) is 10.2 Å². The van der Waals surface area contributed by atoms with E-state index in [-0.39, 0.29) is 9.47 Å². The number of halogens is 1. The molecule has 0 amide bonds. The maximum atomic E-state index is 12.6. The lowest BCUT2D eigenvalue weighted by Gasteiger charge is -2.07. The second kappa shape index (κ2) is 5.09. The van der Waals surface area contributed by atoms with Crippen molar-refractivity contribution in [2.24, 2.45) is 5.14 Å². The molecule has 8 nitrogen and oxygen atoms in total. The van der Waals surface area contributed by atoms with Crippen LogP contribution in [0.25, 0.3) is 16.0 Å². The highest BCUT2D eigenvalue weighted by Gasteiger charge is 2.19. The summed E-state index contributed by atoms with van der Waals surface area (Å²) in [6, 6.07) is 4.69. The van der Waals surface area contributed by atoms with Crippen LogP contribution in [-0.4, -0.2) is 28.2 Å². The molecule has 0 saturated carbocycles. The Bertz CT molecular complexity index is 1060. The third-order valence-electron chi connectivity index (χ3n) is 2.83. The summed E-state index contributed by atoms with van der Waals surface area (Å²) in [5.74, 6) is 0.330. The Morgan fingerprint density at radius 2 is 2.05 bits per heavy atom. The van der Waals surface area contributed by atoms with Crippen molar-refractivity contribution in [2.45, 2.75) is 11.3 Å². The zero-order valence-corrected chi connectivity index (χ0v) is 13.4. The molecular formula is C11H8ClN5O3S2. The third kappa shape index (κ3) is 2.50. The van der Waals surface area contributed by atoms with Gasteiger partial charge in [0.2, 0.25) is 9.47 Å². The molecule has 0 atom stereocenters. The summed E-state index contributed by atoms with van der Waals surface area (Å²) in [4.78, 5) is 16.8. The van der Waals surface area contributed by atoms with Gasteiger partial charge in [0.1, 0.15) is 5.82 Å². The molecule has 0 aliphatic carbocycles. The number of rotatable bonds is 2. The Morgan fingerprint density at radius 3 is 2.68 bits per heavy atom. The number of primary sulfonamides is 1. The molecule has 0 spiro atoms. The highest BCUT2D eigenvalue weighted by atomic mass is 35.5. The van der Waals surface area contributed by atoms with E-state index in [1.165, 1.54) is 4.57 Å². The van der Waals surface area contributed by atoms with E-state index in [9.17, 15) is 13.2 Å². The number of fused-ring (bicyclic) bond motifs is 1. The van der Waals surface area contributed by atoms with Gasteiger partial charge >= 0.3 is 0 Å². The molecule has 2 N–H and O–H groups in total. The second-order valence-electron chi connectivity index (χ2n) is 4.36. The van der Waals surface area contributed by atoms with Gasteiger partial charge in [-0.05, 0) is 25.1 Å². The Balaban J connectivity index is 2.30. The molecule has 11 heteroatoms.